The Balaban J connectivity index is 1.37. The van der Waals surface area contributed by atoms with Crippen LogP contribution < -0.4 is 25.6 Å². The van der Waals surface area contributed by atoms with Crippen molar-refractivity contribution in [3.8, 4) is 11.5 Å². The van der Waals surface area contributed by atoms with Gasteiger partial charge in [0, 0.05) is 0 Å². The van der Waals surface area contributed by atoms with E-state index in [2.05, 4.69) is 32.1 Å². The predicted molar refractivity (Wildman–Crippen MR) is 126 cm³/mol. The second kappa shape index (κ2) is 10.7. The third kappa shape index (κ3) is 6.94. The minimum Gasteiger partial charge on any atom is -0.484 e. The van der Waals surface area contributed by atoms with Crippen molar-refractivity contribution in [3.63, 3.8) is 0 Å². The Labute approximate surface area is 193 Å². The van der Waals surface area contributed by atoms with Crippen molar-refractivity contribution in [1.82, 2.24) is 16.2 Å². The first-order chi connectivity index (χ1) is 14.9. The number of nitrogens with one attached hydrogen (secondary N) is 3. The van der Waals surface area contributed by atoms with E-state index in [0.717, 1.165) is 20.8 Å². The van der Waals surface area contributed by atoms with E-state index in [-0.39, 0.29) is 18.3 Å². The van der Waals surface area contributed by atoms with Crippen molar-refractivity contribution >= 4 is 55.8 Å². The summed E-state index contributed by atoms with van der Waals surface area (Å²) in [5.74, 6) is 0.194. The topological polar surface area (TPSA) is 88.7 Å². The number of carbonyl (C=O) groups is 2. The molecule has 0 spiro atoms. The zero-order valence-electron chi connectivity index (χ0n) is 16.6. The van der Waals surface area contributed by atoms with Gasteiger partial charge in [0.1, 0.15) is 11.5 Å². The van der Waals surface area contributed by atoms with Crippen molar-refractivity contribution in [1.29, 1.82) is 0 Å². The van der Waals surface area contributed by atoms with E-state index in [1.165, 1.54) is 0 Å². The van der Waals surface area contributed by atoms with E-state index in [0.29, 0.717) is 11.5 Å². The second-order valence-electron chi connectivity index (χ2n) is 6.57. The van der Waals surface area contributed by atoms with Crippen molar-refractivity contribution in [2.75, 3.05) is 13.2 Å². The normalized spacial score (nSPS) is 10.3. The zero-order chi connectivity index (χ0) is 22.2. The number of aryl methyl sites for hydroxylation is 1. The minimum absolute atomic E-state index is 0.0596. The highest BCUT2D eigenvalue weighted by atomic mass is 79.9. The molecule has 2 amide bonds. The fraction of sp³-hybridized carbons (Fsp3) is 0.136. The van der Waals surface area contributed by atoms with Crippen LogP contribution in [0.25, 0.3) is 10.8 Å². The largest absolute Gasteiger partial charge is 0.484 e. The fourth-order valence-electron chi connectivity index (χ4n) is 2.63. The Kier molecular flexibility index (Phi) is 7.80. The molecule has 3 N–H and O–H groups in total. The Morgan fingerprint density at radius 3 is 2.42 bits per heavy atom. The second-order valence-corrected chi connectivity index (χ2v) is 7.83. The summed E-state index contributed by atoms with van der Waals surface area (Å²) in [6, 6.07) is 18.9. The number of hydrazine groups is 1. The number of hydrogen-bond acceptors (Lipinski definition) is 5. The van der Waals surface area contributed by atoms with E-state index < -0.39 is 11.8 Å². The summed E-state index contributed by atoms with van der Waals surface area (Å²) in [4.78, 5) is 23.9. The van der Waals surface area contributed by atoms with Gasteiger partial charge in [-0.15, -0.1) is 0 Å². The molecule has 3 aromatic rings. The van der Waals surface area contributed by atoms with E-state index in [4.69, 9.17) is 21.7 Å². The van der Waals surface area contributed by atoms with Crippen LogP contribution in [0.1, 0.15) is 5.56 Å². The summed E-state index contributed by atoms with van der Waals surface area (Å²) in [6.07, 6.45) is 0. The lowest BCUT2D eigenvalue weighted by Gasteiger charge is -2.12. The highest BCUT2D eigenvalue weighted by Gasteiger charge is 2.09. The number of benzene rings is 3. The molecular weight excluding hydrogens is 482 g/mol. The van der Waals surface area contributed by atoms with Gasteiger partial charge in [0.05, 0.1) is 4.47 Å². The Morgan fingerprint density at radius 1 is 0.903 bits per heavy atom. The maximum Gasteiger partial charge on any atom is 0.276 e. The quantitative estimate of drug-likeness (QED) is 0.354. The number of hydrogen-bond donors (Lipinski definition) is 3. The summed E-state index contributed by atoms with van der Waals surface area (Å²) >= 11 is 8.37. The number of fused-ring (bicyclic) bond motifs is 1. The third-order valence-corrected chi connectivity index (χ3v) is 4.93. The van der Waals surface area contributed by atoms with E-state index in [9.17, 15) is 9.59 Å². The lowest BCUT2D eigenvalue weighted by atomic mass is 10.1. The first kappa shape index (κ1) is 22.5. The van der Waals surface area contributed by atoms with Crippen LogP contribution in [0.2, 0.25) is 0 Å². The minimum atomic E-state index is -0.466. The molecule has 0 heterocycles. The first-order valence-corrected chi connectivity index (χ1v) is 10.5. The van der Waals surface area contributed by atoms with Gasteiger partial charge in [-0.2, -0.15) is 0 Å². The average Bonchev–Trinajstić information content (AvgIpc) is 2.75. The van der Waals surface area contributed by atoms with Crippen LogP contribution in [0.4, 0.5) is 0 Å². The molecule has 0 radical (unpaired) electrons. The number of rotatable bonds is 6. The van der Waals surface area contributed by atoms with E-state index >= 15 is 0 Å². The standard InChI is InChI=1S/C22H20BrN3O4S/c1-14-6-9-19(18(23)10-14)30-12-20(27)24-22(31)26-25-21(28)13-29-17-8-7-15-4-2-3-5-16(15)11-17/h2-11H,12-13H2,1H3,(H,25,28)(H2,24,26,27,31). The average molecular weight is 502 g/mol. The molecule has 160 valence electrons. The first-order valence-electron chi connectivity index (χ1n) is 9.30. The molecular formula is C22H20BrN3O4S. The molecule has 0 aliphatic carbocycles. The Hall–Kier alpha value is -3.17. The fourth-order valence-corrected chi connectivity index (χ4v) is 3.40. The molecule has 0 saturated heterocycles. The van der Waals surface area contributed by atoms with Crippen molar-refractivity contribution in [2.24, 2.45) is 0 Å². The molecule has 0 atom stereocenters. The number of halogens is 1. The maximum absolute atomic E-state index is 12.0. The summed E-state index contributed by atoms with van der Waals surface area (Å²) in [7, 11) is 0. The molecule has 31 heavy (non-hydrogen) atoms. The summed E-state index contributed by atoms with van der Waals surface area (Å²) in [6.45, 7) is 1.50. The van der Waals surface area contributed by atoms with E-state index in [1.54, 1.807) is 12.1 Å². The van der Waals surface area contributed by atoms with Gasteiger partial charge in [-0.25, -0.2) is 0 Å². The smallest absolute Gasteiger partial charge is 0.276 e. The van der Waals surface area contributed by atoms with Gasteiger partial charge >= 0.3 is 0 Å². The summed E-state index contributed by atoms with van der Waals surface area (Å²) < 4.78 is 11.7. The lowest BCUT2D eigenvalue weighted by molar-refractivity contribution is -0.124. The molecule has 0 fully saturated rings. The SMILES string of the molecule is Cc1ccc(OCC(=O)NC(=S)NNC(=O)COc2ccc3ccccc3c2)c(Br)c1. The van der Waals surface area contributed by atoms with Crippen molar-refractivity contribution in [3.05, 3.63) is 70.7 Å². The number of carbonyl (C=O) groups excluding carboxylic acids is 2. The van der Waals surface area contributed by atoms with Crippen LogP contribution in [-0.2, 0) is 9.59 Å². The third-order valence-electron chi connectivity index (χ3n) is 4.11. The highest BCUT2D eigenvalue weighted by Crippen LogP contribution is 2.25. The molecule has 7 nitrogen and oxygen atoms in total. The molecule has 0 aliphatic heterocycles. The molecule has 0 aliphatic rings. The monoisotopic (exact) mass is 501 g/mol. The summed E-state index contributed by atoms with van der Waals surface area (Å²) in [5, 5.41) is 4.46. The molecule has 3 rings (SSSR count). The number of ether oxygens (including phenoxy) is 2. The van der Waals surface area contributed by atoms with Gasteiger partial charge in [-0.05, 0) is 75.7 Å². The van der Waals surface area contributed by atoms with Crippen LogP contribution in [0, 0.1) is 6.92 Å². The van der Waals surface area contributed by atoms with Gasteiger partial charge < -0.3 is 9.47 Å². The van der Waals surface area contributed by atoms with Gasteiger partial charge in [0.2, 0.25) is 0 Å². The van der Waals surface area contributed by atoms with Gasteiger partial charge in [-0.1, -0.05) is 36.4 Å². The van der Waals surface area contributed by atoms with Crippen LogP contribution in [0.3, 0.4) is 0 Å². The zero-order valence-corrected chi connectivity index (χ0v) is 19.0. The lowest BCUT2D eigenvalue weighted by Crippen LogP contribution is -2.50. The van der Waals surface area contributed by atoms with Crippen LogP contribution >= 0.6 is 28.1 Å². The van der Waals surface area contributed by atoms with Crippen molar-refractivity contribution in [2.45, 2.75) is 6.92 Å². The van der Waals surface area contributed by atoms with E-state index in [1.807, 2.05) is 55.5 Å². The van der Waals surface area contributed by atoms with Gasteiger partial charge in [0.15, 0.2) is 18.3 Å². The molecule has 3 aromatic carbocycles. The van der Waals surface area contributed by atoms with Crippen LogP contribution in [0.5, 0.6) is 11.5 Å². The molecule has 9 heteroatoms. The maximum atomic E-state index is 12.0. The number of amides is 2. The Morgan fingerprint density at radius 2 is 1.65 bits per heavy atom. The Bertz CT molecular complexity index is 1120. The highest BCUT2D eigenvalue weighted by molar-refractivity contribution is 9.10. The molecule has 0 unspecified atom stereocenters. The molecule has 0 saturated carbocycles. The summed E-state index contributed by atoms with van der Waals surface area (Å²) in [5.41, 5.74) is 5.88. The molecule has 0 aromatic heterocycles. The van der Waals surface area contributed by atoms with Crippen molar-refractivity contribution < 1.29 is 19.1 Å². The van der Waals surface area contributed by atoms with Gasteiger partial charge in [0.25, 0.3) is 11.8 Å². The molecule has 0 bridgehead atoms. The predicted octanol–water partition coefficient (Wildman–Crippen LogP) is 3.39. The van der Waals surface area contributed by atoms with Crippen LogP contribution in [0.15, 0.2) is 65.1 Å². The number of thiocarbonyl (C=S) groups is 1. The van der Waals surface area contributed by atoms with Gasteiger partial charge in [-0.3, -0.25) is 25.8 Å². The van der Waals surface area contributed by atoms with Crippen LogP contribution in [-0.4, -0.2) is 30.1 Å².